The van der Waals surface area contributed by atoms with E-state index in [1.54, 1.807) is 24.7 Å². The third-order valence-electron chi connectivity index (χ3n) is 5.95. The first-order valence-electron chi connectivity index (χ1n) is 10.6. The fourth-order valence-corrected chi connectivity index (χ4v) is 4.77. The average Bonchev–Trinajstić information content (AvgIpc) is 3.25. The average molecular weight is 445 g/mol. The molecule has 1 fully saturated rings. The summed E-state index contributed by atoms with van der Waals surface area (Å²) >= 11 is 1.45. The molecule has 3 aromatic heterocycles. The lowest BCUT2D eigenvalue weighted by molar-refractivity contribution is 0.102. The van der Waals surface area contributed by atoms with E-state index in [0.29, 0.717) is 22.4 Å². The van der Waals surface area contributed by atoms with E-state index in [-0.39, 0.29) is 5.91 Å². The lowest BCUT2D eigenvalue weighted by Gasteiger charge is -2.28. The Kier molecular flexibility index (Phi) is 5.55. The Balaban J connectivity index is 1.36. The van der Waals surface area contributed by atoms with Gasteiger partial charge in [-0.25, -0.2) is 9.97 Å². The number of nitrogen functional groups attached to an aromatic ring is 1. The van der Waals surface area contributed by atoms with Crippen LogP contribution in [0.5, 0.6) is 0 Å². The van der Waals surface area contributed by atoms with E-state index in [4.69, 9.17) is 5.73 Å². The molecule has 0 saturated carbocycles. The molecule has 162 valence electrons. The number of thiazole rings is 1. The highest BCUT2D eigenvalue weighted by atomic mass is 32.1. The third-order valence-corrected chi connectivity index (χ3v) is 6.83. The zero-order chi connectivity index (χ0) is 22.1. The Morgan fingerprint density at radius 2 is 1.91 bits per heavy atom. The van der Waals surface area contributed by atoms with Crippen molar-refractivity contribution >= 4 is 39.0 Å². The number of benzene rings is 1. The number of carbonyl (C=O) groups excluding carboxylic acids is 1. The monoisotopic (exact) mass is 444 g/mol. The number of piperidine rings is 1. The number of nitrogens with zero attached hydrogens (tertiary/aromatic N) is 4. The highest BCUT2D eigenvalue weighted by Gasteiger charge is 2.20. The van der Waals surface area contributed by atoms with Gasteiger partial charge in [0.1, 0.15) is 5.82 Å². The molecule has 0 spiro atoms. The second-order valence-electron chi connectivity index (χ2n) is 8.20. The normalized spacial score (nSPS) is 15.2. The number of nitrogens with one attached hydrogen (secondary N) is 1. The fraction of sp³-hybridized carbons (Fsp3) is 0.250. The van der Waals surface area contributed by atoms with Crippen molar-refractivity contribution in [2.45, 2.75) is 18.8 Å². The molecule has 1 aliphatic heterocycles. The number of aromatic nitrogens is 3. The van der Waals surface area contributed by atoms with E-state index in [0.717, 1.165) is 52.8 Å². The summed E-state index contributed by atoms with van der Waals surface area (Å²) < 4.78 is 0. The van der Waals surface area contributed by atoms with Crippen molar-refractivity contribution < 1.29 is 4.79 Å². The van der Waals surface area contributed by atoms with Crippen LogP contribution >= 0.6 is 11.3 Å². The fourth-order valence-electron chi connectivity index (χ4n) is 4.09. The van der Waals surface area contributed by atoms with Crippen LogP contribution in [0.1, 0.15) is 34.8 Å². The topological polar surface area (TPSA) is 97.0 Å². The number of rotatable bonds is 4. The van der Waals surface area contributed by atoms with Crippen molar-refractivity contribution in [2.75, 3.05) is 31.2 Å². The van der Waals surface area contributed by atoms with Crippen molar-refractivity contribution in [3.8, 4) is 10.4 Å². The van der Waals surface area contributed by atoms with Gasteiger partial charge in [0.2, 0.25) is 0 Å². The second-order valence-corrected chi connectivity index (χ2v) is 9.26. The molecule has 4 heterocycles. The SMILES string of the molecule is CN1CCC(c2cc(C(=O)Nc3cc4cc(-c5cnc(N)s5)ccc4cn3)ccn2)CC1. The summed E-state index contributed by atoms with van der Waals surface area (Å²) in [6.45, 7) is 2.11. The second kappa shape index (κ2) is 8.64. The van der Waals surface area contributed by atoms with Crippen molar-refractivity contribution in [3.05, 3.63) is 66.2 Å². The lowest BCUT2D eigenvalue weighted by Crippen LogP contribution is -2.29. The highest BCUT2D eigenvalue weighted by Crippen LogP contribution is 2.30. The largest absolute Gasteiger partial charge is 0.375 e. The molecule has 1 amide bonds. The maximum Gasteiger partial charge on any atom is 0.256 e. The summed E-state index contributed by atoms with van der Waals surface area (Å²) in [7, 11) is 2.14. The summed E-state index contributed by atoms with van der Waals surface area (Å²) in [6.07, 6.45) is 7.40. The van der Waals surface area contributed by atoms with Gasteiger partial charge in [0.05, 0.1) is 4.88 Å². The maximum atomic E-state index is 12.9. The van der Waals surface area contributed by atoms with Crippen LogP contribution in [0.4, 0.5) is 10.9 Å². The third kappa shape index (κ3) is 4.32. The molecule has 0 atom stereocenters. The minimum Gasteiger partial charge on any atom is -0.375 e. The Bertz CT molecular complexity index is 1280. The smallest absolute Gasteiger partial charge is 0.256 e. The summed E-state index contributed by atoms with van der Waals surface area (Å²) in [5.41, 5.74) is 8.40. The lowest BCUT2D eigenvalue weighted by atomic mass is 9.92. The summed E-state index contributed by atoms with van der Waals surface area (Å²) in [5.74, 6) is 0.734. The molecule has 7 nitrogen and oxygen atoms in total. The zero-order valence-electron chi connectivity index (χ0n) is 17.8. The molecule has 3 N–H and O–H groups in total. The number of fused-ring (bicyclic) bond motifs is 1. The van der Waals surface area contributed by atoms with Gasteiger partial charge in [0, 0.05) is 41.2 Å². The number of amides is 1. The van der Waals surface area contributed by atoms with Gasteiger partial charge in [-0.3, -0.25) is 9.78 Å². The highest BCUT2D eigenvalue weighted by molar-refractivity contribution is 7.18. The first-order valence-corrected chi connectivity index (χ1v) is 11.4. The first kappa shape index (κ1) is 20.5. The van der Waals surface area contributed by atoms with Gasteiger partial charge in [-0.05, 0) is 68.2 Å². The number of carbonyl (C=O) groups is 1. The molecule has 0 aliphatic carbocycles. The van der Waals surface area contributed by atoms with Gasteiger partial charge in [0.15, 0.2) is 5.13 Å². The summed E-state index contributed by atoms with van der Waals surface area (Å²) in [5, 5.41) is 5.46. The minimum atomic E-state index is -0.181. The van der Waals surface area contributed by atoms with Gasteiger partial charge in [-0.1, -0.05) is 23.5 Å². The molecular formula is C24H24N6OS. The molecule has 1 aromatic carbocycles. The van der Waals surface area contributed by atoms with Gasteiger partial charge < -0.3 is 16.0 Å². The van der Waals surface area contributed by atoms with Crippen LogP contribution in [0.15, 0.2) is 55.0 Å². The molecule has 0 radical (unpaired) electrons. The number of likely N-dealkylation sites (tertiary alicyclic amines) is 1. The molecule has 32 heavy (non-hydrogen) atoms. The molecule has 1 aliphatic rings. The van der Waals surface area contributed by atoms with E-state index < -0.39 is 0 Å². The molecule has 8 heteroatoms. The quantitative estimate of drug-likeness (QED) is 0.484. The van der Waals surface area contributed by atoms with Crippen molar-refractivity contribution in [3.63, 3.8) is 0 Å². The van der Waals surface area contributed by atoms with E-state index >= 15 is 0 Å². The zero-order valence-corrected chi connectivity index (χ0v) is 18.6. The van der Waals surface area contributed by atoms with E-state index in [1.807, 2.05) is 24.3 Å². The summed E-state index contributed by atoms with van der Waals surface area (Å²) in [4.78, 5) is 29.3. The Morgan fingerprint density at radius 1 is 1.06 bits per heavy atom. The molecule has 0 bridgehead atoms. The number of anilines is 2. The minimum absolute atomic E-state index is 0.181. The predicted molar refractivity (Wildman–Crippen MR) is 129 cm³/mol. The molecule has 4 aromatic rings. The molecular weight excluding hydrogens is 420 g/mol. The van der Waals surface area contributed by atoms with Gasteiger partial charge in [0.25, 0.3) is 5.91 Å². The molecule has 5 rings (SSSR count). The van der Waals surface area contributed by atoms with Gasteiger partial charge >= 0.3 is 0 Å². The van der Waals surface area contributed by atoms with Crippen LogP contribution in [0, 0.1) is 0 Å². The predicted octanol–water partition coefficient (Wildman–Crippen LogP) is 4.40. The standard InChI is InChI=1S/C24H24N6OS/c1-30-8-5-15(6-9-30)20-11-17(4-7-26-20)23(31)29-22-12-19-10-16(2-3-18(19)13-27-22)21-14-28-24(25)32-21/h2-4,7,10-15H,5-6,8-9H2,1H3,(H2,25,28)(H,27,29,31). The summed E-state index contributed by atoms with van der Waals surface area (Å²) in [6, 6.07) is 11.6. The van der Waals surface area contributed by atoms with Crippen LogP contribution in [0.3, 0.4) is 0 Å². The number of pyridine rings is 2. The van der Waals surface area contributed by atoms with Crippen LogP contribution in [-0.4, -0.2) is 45.9 Å². The van der Waals surface area contributed by atoms with E-state index in [2.05, 4.69) is 38.3 Å². The molecule has 0 unspecified atom stereocenters. The van der Waals surface area contributed by atoms with Crippen molar-refractivity contribution in [2.24, 2.45) is 0 Å². The first-order chi connectivity index (χ1) is 15.5. The Morgan fingerprint density at radius 3 is 2.69 bits per heavy atom. The van der Waals surface area contributed by atoms with Crippen LogP contribution < -0.4 is 11.1 Å². The van der Waals surface area contributed by atoms with E-state index in [9.17, 15) is 4.79 Å². The van der Waals surface area contributed by atoms with Gasteiger partial charge in [-0.2, -0.15) is 0 Å². The maximum absolute atomic E-state index is 12.9. The van der Waals surface area contributed by atoms with Crippen LogP contribution in [0.25, 0.3) is 21.2 Å². The number of hydrogen-bond acceptors (Lipinski definition) is 7. The Hall–Kier alpha value is -3.36. The van der Waals surface area contributed by atoms with Crippen molar-refractivity contribution in [1.82, 2.24) is 19.9 Å². The van der Waals surface area contributed by atoms with Crippen LogP contribution in [-0.2, 0) is 0 Å². The van der Waals surface area contributed by atoms with Crippen LogP contribution in [0.2, 0.25) is 0 Å². The number of nitrogens with two attached hydrogens (primary N) is 1. The number of hydrogen-bond donors (Lipinski definition) is 2. The molecule has 1 saturated heterocycles. The van der Waals surface area contributed by atoms with E-state index in [1.165, 1.54) is 11.3 Å². The van der Waals surface area contributed by atoms with Crippen molar-refractivity contribution in [1.29, 1.82) is 0 Å². The Labute approximate surface area is 190 Å². The van der Waals surface area contributed by atoms with Gasteiger partial charge in [-0.15, -0.1) is 0 Å².